The van der Waals surface area contributed by atoms with Crippen LogP contribution in [0.4, 0.5) is 0 Å². The lowest BCUT2D eigenvalue weighted by molar-refractivity contribution is 0.472. The Bertz CT molecular complexity index is 1210. The highest BCUT2D eigenvalue weighted by Gasteiger charge is 2.14. The second-order valence-corrected chi connectivity index (χ2v) is 5.74. The molecule has 6 nitrogen and oxygen atoms in total. The lowest BCUT2D eigenvalue weighted by Gasteiger charge is -2.08. The van der Waals surface area contributed by atoms with Crippen molar-refractivity contribution in [3.8, 4) is 17.3 Å². The van der Waals surface area contributed by atoms with Gasteiger partial charge in [-0.15, -0.1) is 0 Å². The molecule has 2 aromatic carbocycles. The Hall–Kier alpha value is -3.80. The lowest BCUT2D eigenvalue weighted by atomic mass is 10.2. The fraction of sp³-hybridized carbons (Fsp3) is 0. The Morgan fingerprint density at radius 2 is 1.69 bits per heavy atom. The van der Waals surface area contributed by atoms with Crippen LogP contribution in [0.25, 0.3) is 27.6 Å². The molecule has 0 fully saturated rings. The Labute approximate surface area is 148 Å². The number of hydrogen-bond donors (Lipinski definition) is 0. The molecule has 0 bridgehead atoms. The van der Waals surface area contributed by atoms with E-state index in [1.807, 2.05) is 60.7 Å². The van der Waals surface area contributed by atoms with E-state index in [2.05, 4.69) is 20.1 Å². The van der Waals surface area contributed by atoms with E-state index >= 15 is 0 Å². The Kier molecular flexibility index (Phi) is 3.31. The smallest absolute Gasteiger partial charge is 0.233 e. The zero-order chi connectivity index (χ0) is 17.3. The molecule has 0 saturated heterocycles. The summed E-state index contributed by atoms with van der Waals surface area (Å²) in [5.41, 5.74) is 2.41. The van der Waals surface area contributed by atoms with Crippen molar-refractivity contribution in [2.75, 3.05) is 0 Å². The first kappa shape index (κ1) is 14.5. The van der Waals surface area contributed by atoms with Crippen molar-refractivity contribution in [3.63, 3.8) is 0 Å². The molecule has 0 radical (unpaired) electrons. The van der Waals surface area contributed by atoms with Gasteiger partial charge in [-0.2, -0.15) is 5.10 Å². The first-order valence-corrected chi connectivity index (χ1v) is 8.16. The van der Waals surface area contributed by atoms with Crippen LogP contribution in [-0.2, 0) is 0 Å². The van der Waals surface area contributed by atoms with E-state index in [0.717, 1.165) is 22.0 Å². The van der Waals surface area contributed by atoms with E-state index in [1.165, 1.54) is 6.33 Å². The third kappa shape index (κ3) is 2.36. The Morgan fingerprint density at radius 1 is 0.808 bits per heavy atom. The van der Waals surface area contributed by atoms with Crippen molar-refractivity contribution in [1.29, 1.82) is 0 Å². The van der Waals surface area contributed by atoms with Crippen molar-refractivity contribution < 1.29 is 4.74 Å². The minimum absolute atomic E-state index is 0.454. The van der Waals surface area contributed by atoms with Crippen LogP contribution in [0.3, 0.4) is 0 Å². The van der Waals surface area contributed by atoms with Crippen LogP contribution in [0.5, 0.6) is 11.6 Å². The molecule has 0 amide bonds. The molecule has 5 aromatic rings. The summed E-state index contributed by atoms with van der Waals surface area (Å²) in [7, 11) is 0. The minimum atomic E-state index is 0.454. The van der Waals surface area contributed by atoms with Crippen LogP contribution >= 0.6 is 0 Å². The van der Waals surface area contributed by atoms with E-state index < -0.39 is 0 Å². The number of aromatic nitrogens is 5. The summed E-state index contributed by atoms with van der Waals surface area (Å²) < 4.78 is 7.86. The van der Waals surface area contributed by atoms with E-state index in [9.17, 15) is 0 Å². The highest BCUT2D eigenvalue weighted by Crippen LogP contribution is 2.31. The van der Waals surface area contributed by atoms with Crippen LogP contribution in [0, 0.1) is 0 Å². The van der Waals surface area contributed by atoms with Gasteiger partial charge in [-0.25, -0.2) is 14.6 Å². The topological polar surface area (TPSA) is 65.7 Å². The fourth-order valence-corrected chi connectivity index (χ4v) is 2.92. The van der Waals surface area contributed by atoms with Crippen LogP contribution in [0.1, 0.15) is 0 Å². The van der Waals surface area contributed by atoms with Crippen molar-refractivity contribution in [1.82, 2.24) is 24.7 Å². The van der Waals surface area contributed by atoms with Gasteiger partial charge in [0, 0.05) is 11.6 Å². The lowest BCUT2D eigenvalue weighted by Crippen LogP contribution is -1.98. The molecule has 0 unspecified atom stereocenters. The second kappa shape index (κ2) is 5.93. The largest absolute Gasteiger partial charge is 0.436 e. The SMILES string of the molecule is c1ccc(-n2ncc3c(Oc4cccc5cccnc45)ncnc32)cc1. The minimum Gasteiger partial charge on any atom is -0.436 e. The number of ether oxygens (including phenoxy) is 1. The summed E-state index contributed by atoms with van der Waals surface area (Å²) in [5.74, 6) is 1.10. The molecule has 3 heterocycles. The molecule has 0 spiro atoms. The first-order chi connectivity index (χ1) is 12.9. The second-order valence-electron chi connectivity index (χ2n) is 5.74. The molecule has 124 valence electrons. The zero-order valence-electron chi connectivity index (χ0n) is 13.6. The number of rotatable bonds is 3. The van der Waals surface area contributed by atoms with Crippen molar-refractivity contribution >= 4 is 21.9 Å². The monoisotopic (exact) mass is 339 g/mol. The first-order valence-electron chi connectivity index (χ1n) is 8.16. The number of fused-ring (bicyclic) bond motifs is 2. The van der Waals surface area contributed by atoms with Gasteiger partial charge in [-0.3, -0.25) is 4.98 Å². The van der Waals surface area contributed by atoms with Crippen LogP contribution < -0.4 is 4.74 Å². The van der Waals surface area contributed by atoms with E-state index in [1.54, 1.807) is 17.1 Å². The van der Waals surface area contributed by atoms with Crippen LogP contribution in [0.2, 0.25) is 0 Å². The van der Waals surface area contributed by atoms with Gasteiger partial charge in [-0.1, -0.05) is 36.4 Å². The van der Waals surface area contributed by atoms with Crippen LogP contribution in [0.15, 0.2) is 79.4 Å². The maximum atomic E-state index is 6.09. The Balaban J connectivity index is 1.63. The number of hydrogen-bond acceptors (Lipinski definition) is 5. The van der Waals surface area contributed by atoms with Gasteiger partial charge in [-0.05, 0) is 24.3 Å². The summed E-state index contributed by atoms with van der Waals surface area (Å²) in [6.45, 7) is 0. The van der Waals surface area contributed by atoms with Crippen molar-refractivity contribution in [2.45, 2.75) is 0 Å². The average molecular weight is 339 g/mol. The normalized spacial score (nSPS) is 11.1. The number of para-hydroxylation sites is 2. The van der Waals surface area contributed by atoms with Crippen LogP contribution in [-0.4, -0.2) is 24.7 Å². The van der Waals surface area contributed by atoms with Gasteiger partial charge in [0.2, 0.25) is 5.88 Å². The van der Waals surface area contributed by atoms with Gasteiger partial charge >= 0.3 is 0 Å². The molecule has 5 rings (SSSR count). The third-order valence-corrected chi connectivity index (χ3v) is 4.13. The Morgan fingerprint density at radius 3 is 2.62 bits per heavy atom. The predicted molar refractivity (Wildman–Crippen MR) is 98.5 cm³/mol. The summed E-state index contributed by atoms with van der Waals surface area (Å²) >= 11 is 0. The van der Waals surface area contributed by atoms with Gasteiger partial charge in [0.15, 0.2) is 11.4 Å². The van der Waals surface area contributed by atoms with Gasteiger partial charge in [0.1, 0.15) is 17.2 Å². The molecule has 0 aliphatic carbocycles. The molecule has 26 heavy (non-hydrogen) atoms. The quantitative estimate of drug-likeness (QED) is 0.494. The molecule has 0 aliphatic rings. The van der Waals surface area contributed by atoms with Crippen molar-refractivity contribution in [3.05, 3.63) is 79.4 Å². The average Bonchev–Trinajstić information content (AvgIpc) is 3.14. The fourth-order valence-electron chi connectivity index (χ4n) is 2.92. The van der Waals surface area contributed by atoms with Gasteiger partial charge < -0.3 is 4.74 Å². The highest BCUT2D eigenvalue weighted by atomic mass is 16.5. The summed E-state index contributed by atoms with van der Waals surface area (Å²) in [4.78, 5) is 13.1. The van der Waals surface area contributed by atoms with Gasteiger partial charge in [0.05, 0.1) is 11.9 Å². The summed E-state index contributed by atoms with van der Waals surface area (Å²) in [6.07, 6.45) is 4.95. The summed E-state index contributed by atoms with van der Waals surface area (Å²) in [5, 5.41) is 6.20. The predicted octanol–water partition coefficient (Wildman–Crippen LogP) is 4.16. The highest BCUT2D eigenvalue weighted by molar-refractivity contribution is 5.86. The molecule has 0 saturated carbocycles. The van der Waals surface area contributed by atoms with E-state index in [-0.39, 0.29) is 0 Å². The number of benzene rings is 2. The molecule has 6 heteroatoms. The molecular formula is C20H13N5O. The maximum absolute atomic E-state index is 6.09. The standard InChI is InChI=1S/C20H13N5O/c1-2-8-15(9-3-1)25-19-16(12-24-25)20(23-13-22-19)26-17-10-4-6-14-7-5-11-21-18(14)17/h1-13H. The number of pyridine rings is 1. The van der Waals surface area contributed by atoms with Crippen molar-refractivity contribution in [2.24, 2.45) is 0 Å². The summed E-state index contributed by atoms with van der Waals surface area (Å²) in [6, 6.07) is 19.6. The molecule has 0 atom stereocenters. The van der Waals surface area contributed by atoms with E-state index in [0.29, 0.717) is 17.3 Å². The molecule has 0 aliphatic heterocycles. The number of nitrogens with zero attached hydrogens (tertiary/aromatic N) is 5. The molecular weight excluding hydrogens is 326 g/mol. The van der Waals surface area contributed by atoms with Gasteiger partial charge in [0.25, 0.3) is 0 Å². The third-order valence-electron chi connectivity index (χ3n) is 4.13. The maximum Gasteiger partial charge on any atom is 0.233 e. The molecule has 3 aromatic heterocycles. The van der Waals surface area contributed by atoms with E-state index in [4.69, 9.17) is 4.74 Å². The molecule has 0 N–H and O–H groups in total. The zero-order valence-corrected chi connectivity index (χ0v) is 13.6.